The van der Waals surface area contributed by atoms with Crippen molar-refractivity contribution in [3.8, 4) is 0 Å². The maximum Gasteiger partial charge on any atom is 0.265 e. The van der Waals surface area contributed by atoms with Gasteiger partial charge in [-0.2, -0.15) is 0 Å². The van der Waals surface area contributed by atoms with E-state index >= 15 is 0 Å². The van der Waals surface area contributed by atoms with Crippen LogP contribution in [0.1, 0.15) is 22.5 Å². The lowest BCUT2D eigenvalue weighted by Crippen LogP contribution is -2.17. The van der Waals surface area contributed by atoms with Crippen LogP contribution in [0.2, 0.25) is 0 Å². The molecular formula is C15H16FN3O2S. The molecule has 1 aromatic heterocycles. The van der Waals surface area contributed by atoms with Crippen molar-refractivity contribution in [3.63, 3.8) is 0 Å². The van der Waals surface area contributed by atoms with Crippen LogP contribution >= 0.6 is 11.3 Å². The first-order valence-corrected chi connectivity index (χ1v) is 7.62. The van der Waals surface area contributed by atoms with Crippen LogP contribution < -0.4 is 16.4 Å². The lowest BCUT2D eigenvalue weighted by atomic mass is 10.2. The van der Waals surface area contributed by atoms with Gasteiger partial charge in [0.1, 0.15) is 5.82 Å². The SMILES string of the molecule is NCCCC(=O)Nc1cc(F)ccc1NC(=O)c1cccs1. The zero-order chi connectivity index (χ0) is 15.9. The number of benzene rings is 1. The second-order valence-corrected chi connectivity index (χ2v) is 5.51. The second kappa shape index (κ2) is 7.67. The van der Waals surface area contributed by atoms with Crippen LogP contribution in [0.25, 0.3) is 0 Å². The molecule has 0 radical (unpaired) electrons. The first-order valence-electron chi connectivity index (χ1n) is 6.74. The van der Waals surface area contributed by atoms with Crippen molar-refractivity contribution in [2.45, 2.75) is 12.8 Å². The van der Waals surface area contributed by atoms with Crippen LogP contribution in [0.4, 0.5) is 15.8 Å². The van der Waals surface area contributed by atoms with Crippen LogP contribution in [0, 0.1) is 5.82 Å². The van der Waals surface area contributed by atoms with Gasteiger partial charge in [-0.05, 0) is 42.6 Å². The van der Waals surface area contributed by atoms with Gasteiger partial charge >= 0.3 is 0 Å². The summed E-state index contributed by atoms with van der Waals surface area (Å²) < 4.78 is 13.4. The molecule has 0 aliphatic carbocycles. The molecule has 1 heterocycles. The van der Waals surface area contributed by atoms with Gasteiger partial charge in [-0.3, -0.25) is 9.59 Å². The van der Waals surface area contributed by atoms with Crippen molar-refractivity contribution in [1.29, 1.82) is 0 Å². The second-order valence-electron chi connectivity index (χ2n) is 4.56. The van der Waals surface area contributed by atoms with E-state index in [4.69, 9.17) is 5.73 Å². The molecular weight excluding hydrogens is 305 g/mol. The largest absolute Gasteiger partial charge is 0.330 e. The summed E-state index contributed by atoms with van der Waals surface area (Å²) in [7, 11) is 0. The van der Waals surface area contributed by atoms with Gasteiger partial charge in [-0.1, -0.05) is 6.07 Å². The molecule has 4 N–H and O–H groups in total. The molecule has 0 bridgehead atoms. The minimum absolute atomic E-state index is 0.229. The minimum atomic E-state index is -0.497. The summed E-state index contributed by atoms with van der Waals surface area (Å²) in [5.41, 5.74) is 5.93. The molecule has 0 fully saturated rings. The molecule has 0 aliphatic heterocycles. The number of nitrogens with two attached hydrogens (primary N) is 1. The number of amides is 2. The summed E-state index contributed by atoms with van der Waals surface area (Å²) in [6, 6.07) is 7.26. The molecule has 0 saturated carbocycles. The van der Waals surface area contributed by atoms with Crippen molar-refractivity contribution in [3.05, 3.63) is 46.4 Å². The average Bonchev–Trinajstić information content (AvgIpc) is 3.02. The Bertz CT molecular complexity index is 659. The van der Waals surface area contributed by atoms with E-state index in [-0.39, 0.29) is 23.9 Å². The van der Waals surface area contributed by atoms with E-state index in [1.54, 1.807) is 17.5 Å². The Morgan fingerprint density at radius 3 is 2.68 bits per heavy atom. The molecule has 116 valence electrons. The van der Waals surface area contributed by atoms with Gasteiger partial charge in [-0.25, -0.2) is 4.39 Å². The Hall–Kier alpha value is -2.25. The Morgan fingerprint density at radius 2 is 2.00 bits per heavy atom. The molecule has 0 aliphatic rings. The molecule has 2 rings (SSSR count). The predicted molar refractivity (Wildman–Crippen MR) is 85.6 cm³/mol. The summed E-state index contributed by atoms with van der Waals surface area (Å²) in [6.45, 7) is 0.401. The van der Waals surface area contributed by atoms with E-state index in [0.29, 0.717) is 23.5 Å². The Labute approximate surface area is 131 Å². The zero-order valence-corrected chi connectivity index (χ0v) is 12.6. The number of halogens is 1. The fraction of sp³-hybridized carbons (Fsp3) is 0.200. The van der Waals surface area contributed by atoms with Crippen molar-refractivity contribution in [2.75, 3.05) is 17.2 Å². The normalized spacial score (nSPS) is 10.3. The van der Waals surface area contributed by atoms with Gasteiger partial charge in [0.25, 0.3) is 5.91 Å². The van der Waals surface area contributed by atoms with E-state index in [1.807, 2.05) is 0 Å². The third-order valence-electron chi connectivity index (χ3n) is 2.86. The highest BCUT2D eigenvalue weighted by atomic mass is 32.1. The van der Waals surface area contributed by atoms with Gasteiger partial charge in [0.05, 0.1) is 16.3 Å². The van der Waals surface area contributed by atoms with E-state index in [9.17, 15) is 14.0 Å². The third-order valence-corrected chi connectivity index (χ3v) is 3.73. The van der Waals surface area contributed by atoms with E-state index in [1.165, 1.54) is 29.5 Å². The summed E-state index contributed by atoms with van der Waals surface area (Å²) in [5.74, 6) is -1.08. The predicted octanol–water partition coefficient (Wildman–Crippen LogP) is 2.82. The van der Waals surface area contributed by atoms with Gasteiger partial charge in [-0.15, -0.1) is 11.3 Å². The van der Waals surface area contributed by atoms with E-state index in [2.05, 4.69) is 10.6 Å². The van der Waals surface area contributed by atoms with Gasteiger partial charge in [0.2, 0.25) is 5.91 Å². The molecule has 1 aromatic carbocycles. The van der Waals surface area contributed by atoms with Crippen LogP contribution in [0.5, 0.6) is 0 Å². The molecule has 2 amide bonds. The van der Waals surface area contributed by atoms with Crippen molar-refractivity contribution in [1.82, 2.24) is 0 Å². The summed E-state index contributed by atoms with van der Waals surface area (Å²) in [6.07, 6.45) is 0.781. The minimum Gasteiger partial charge on any atom is -0.330 e. The highest BCUT2D eigenvalue weighted by Crippen LogP contribution is 2.24. The monoisotopic (exact) mass is 321 g/mol. The Balaban J connectivity index is 2.13. The van der Waals surface area contributed by atoms with Gasteiger partial charge in [0, 0.05) is 6.42 Å². The van der Waals surface area contributed by atoms with E-state index < -0.39 is 5.82 Å². The summed E-state index contributed by atoms with van der Waals surface area (Å²) >= 11 is 1.30. The molecule has 0 unspecified atom stereocenters. The topological polar surface area (TPSA) is 84.2 Å². The summed E-state index contributed by atoms with van der Waals surface area (Å²) in [5, 5.41) is 7.04. The zero-order valence-electron chi connectivity index (χ0n) is 11.8. The number of carbonyl (C=O) groups excluding carboxylic acids is 2. The van der Waals surface area contributed by atoms with Gasteiger partial charge < -0.3 is 16.4 Å². The van der Waals surface area contributed by atoms with Crippen LogP contribution in [-0.2, 0) is 4.79 Å². The van der Waals surface area contributed by atoms with Crippen LogP contribution in [0.3, 0.4) is 0 Å². The molecule has 5 nitrogen and oxygen atoms in total. The maximum absolute atomic E-state index is 13.4. The Kier molecular flexibility index (Phi) is 5.62. The molecule has 0 spiro atoms. The number of nitrogens with one attached hydrogen (secondary N) is 2. The van der Waals surface area contributed by atoms with Gasteiger partial charge in [0.15, 0.2) is 0 Å². The molecule has 2 aromatic rings. The number of hydrogen-bond donors (Lipinski definition) is 3. The molecule has 0 atom stereocenters. The number of rotatable bonds is 6. The number of hydrogen-bond acceptors (Lipinski definition) is 4. The number of carbonyl (C=O) groups is 2. The highest BCUT2D eigenvalue weighted by molar-refractivity contribution is 7.12. The highest BCUT2D eigenvalue weighted by Gasteiger charge is 2.12. The van der Waals surface area contributed by atoms with Crippen molar-refractivity contribution < 1.29 is 14.0 Å². The lowest BCUT2D eigenvalue weighted by Gasteiger charge is -2.12. The van der Waals surface area contributed by atoms with Crippen LogP contribution in [-0.4, -0.2) is 18.4 Å². The third kappa shape index (κ3) is 4.37. The molecule has 7 heteroatoms. The van der Waals surface area contributed by atoms with Crippen molar-refractivity contribution in [2.24, 2.45) is 5.73 Å². The Morgan fingerprint density at radius 1 is 1.18 bits per heavy atom. The van der Waals surface area contributed by atoms with Crippen molar-refractivity contribution >= 4 is 34.5 Å². The lowest BCUT2D eigenvalue weighted by molar-refractivity contribution is -0.116. The average molecular weight is 321 g/mol. The first-order chi connectivity index (χ1) is 10.6. The fourth-order valence-corrected chi connectivity index (χ4v) is 2.41. The standard InChI is InChI=1S/C15H16FN3O2S/c16-10-5-6-11(19-15(21)13-3-2-8-22-13)12(9-10)18-14(20)4-1-7-17/h2-3,5-6,8-9H,1,4,7,17H2,(H,18,20)(H,19,21). The maximum atomic E-state index is 13.4. The first kappa shape index (κ1) is 16.1. The van der Waals surface area contributed by atoms with E-state index in [0.717, 1.165) is 0 Å². The summed E-state index contributed by atoms with van der Waals surface area (Å²) in [4.78, 5) is 24.3. The quantitative estimate of drug-likeness (QED) is 0.765. The molecule has 22 heavy (non-hydrogen) atoms. The smallest absolute Gasteiger partial charge is 0.265 e. The number of anilines is 2. The molecule has 0 saturated heterocycles. The number of thiophene rings is 1. The fourth-order valence-electron chi connectivity index (χ4n) is 1.80. The van der Waals surface area contributed by atoms with Crippen LogP contribution in [0.15, 0.2) is 35.7 Å².